The van der Waals surface area contributed by atoms with Gasteiger partial charge in [0, 0.05) is 25.4 Å². The molecule has 0 radical (unpaired) electrons. The molecule has 2 atom stereocenters. The van der Waals surface area contributed by atoms with Crippen LogP contribution < -0.4 is 4.90 Å². The fraction of sp³-hybridized carbons (Fsp3) is 0.538. The number of hydrogen-bond donors (Lipinski definition) is 0. The Morgan fingerprint density at radius 1 is 1.29 bits per heavy atom. The Morgan fingerprint density at radius 3 is 2.33 bits per heavy atom. The molecule has 7 nitrogen and oxygen atoms in total. The first-order valence-electron chi connectivity index (χ1n) is 6.57. The maximum Gasteiger partial charge on any atom is 0.293 e. The average Bonchev–Trinajstić information content (AvgIpc) is 2.35. The van der Waals surface area contributed by atoms with Crippen molar-refractivity contribution in [3.05, 3.63) is 28.3 Å². The van der Waals surface area contributed by atoms with Crippen molar-refractivity contribution in [2.24, 2.45) is 0 Å². The molecule has 0 spiro atoms. The number of rotatable bonds is 3. The first-order valence-corrected chi connectivity index (χ1v) is 8.46. The van der Waals surface area contributed by atoms with Crippen LogP contribution in [0.1, 0.15) is 13.8 Å². The van der Waals surface area contributed by atoms with E-state index in [0.717, 1.165) is 12.3 Å². The van der Waals surface area contributed by atoms with Gasteiger partial charge in [0.1, 0.15) is 5.69 Å². The van der Waals surface area contributed by atoms with Crippen molar-refractivity contribution in [3.63, 3.8) is 0 Å². The maximum absolute atomic E-state index is 11.5. The summed E-state index contributed by atoms with van der Waals surface area (Å²) in [6, 6.07) is 4.03. The highest BCUT2D eigenvalue weighted by atomic mass is 32.2. The molecule has 0 N–H and O–H groups in total. The van der Waals surface area contributed by atoms with Gasteiger partial charge in [-0.25, -0.2) is 8.42 Å². The topological polar surface area (TPSA) is 89.8 Å². The van der Waals surface area contributed by atoms with Crippen molar-refractivity contribution < 1.29 is 18.1 Å². The van der Waals surface area contributed by atoms with Crippen molar-refractivity contribution in [1.29, 1.82) is 0 Å². The Labute approximate surface area is 123 Å². The number of nitro groups is 1. The summed E-state index contributed by atoms with van der Waals surface area (Å²) in [5, 5.41) is 11.3. The zero-order valence-electron chi connectivity index (χ0n) is 12.1. The molecule has 1 heterocycles. The van der Waals surface area contributed by atoms with Gasteiger partial charge < -0.3 is 9.64 Å². The number of hydrogen-bond acceptors (Lipinski definition) is 6. The summed E-state index contributed by atoms with van der Waals surface area (Å²) < 4.78 is 28.7. The van der Waals surface area contributed by atoms with E-state index < -0.39 is 14.8 Å². The van der Waals surface area contributed by atoms with E-state index in [-0.39, 0.29) is 22.8 Å². The highest BCUT2D eigenvalue weighted by Gasteiger charge is 2.28. The lowest BCUT2D eigenvalue weighted by Gasteiger charge is -2.36. The molecule has 0 amide bonds. The number of anilines is 1. The number of benzene rings is 1. The van der Waals surface area contributed by atoms with E-state index in [0.29, 0.717) is 18.8 Å². The summed E-state index contributed by atoms with van der Waals surface area (Å²) in [5.41, 5.74) is 0.230. The summed E-state index contributed by atoms with van der Waals surface area (Å²) in [4.78, 5) is 12.5. The van der Waals surface area contributed by atoms with E-state index in [4.69, 9.17) is 4.74 Å². The van der Waals surface area contributed by atoms with Gasteiger partial charge in [-0.3, -0.25) is 10.1 Å². The van der Waals surface area contributed by atoms with Crippen molar-refractivity contribution in [2.45, 2.75) is 31.0 Å². The molecule has 1 aliphatic heterocycles. The molecule has 0 saturated carbocycles. The Balaban J connectivity index is 2.46. The molecule has 0 aromatic heterocycles. The van der Waals surface area contributed by atoms with E-state index in [2.05, 4.69) is 0 Å². The molecule has 1 aromatic carbocycles. The van der Waals surface area contributed by atoms with E-state index in [1.165, 1.54) is 12.1 Å². The van der Waals surface area contributed by atoms with E-state index in [1.807, 2.05) is 18.7 Å². The van der Waals surface area contributed by atoms with Crippen LogP contribution in [0.2, 0.25) is 0 Å². The van der Waals surface area contributed by atoms with E-state index in [1.54, 1.807) is 0 Å². The number of sulfone groups is 1. The first-order chi connectivity index (χ1) is 9.68. The van der Waals surface area contributed by atoms with Crippen molar-refractivity contribution >= 4 is 21.2 Å². The number of morpholine rings is 1. The minimum Gasteiger partial charge on any atom is -0.372 e. The SMILES string of the molecule is C[C@H]1CN(c2ccc(S(C)(=O)=O)cc2[N+](=O)[O-])C[C@H](C)O1. The van der Waals surface area contributed by atoms with Gasteiger partial charge in [0.25, 0.3) is 5.69 Å². The summed E-state index contributed by atoms with van der Waals surface area (Å²) >= 11 is 0. The normalized spacial score (nSPS) is 23.1. The summed E-state index contributed by atoms with van der Waals surface area (Å²) in [6.07, 6.45) is 0.954. The highest BCUT2D eigenvalue weighted by molar-refractivity contribution is 7.90. The predicted octanol–water partition coefficient (Wildman–Crippen LogP) is 1.61. The van der Waals surface area contributed by atoms with Crippen LogP contribution in [0.4, 0.5) is 11.4 Å². The smallest absolute Gasteiger partial charge is 0.293 e. The Kier molecular flexibility index (Phi) is 4.20. The number of ether oxygens (including phenoxy) is 1. The maximum atomic E-state index is 11.5. The fourth-order valence-corrected chi connectivity index (χ4v) is 3.16. The van der Waals surface area contributed by atoms with Gasteiger partial charge in [0.2, 0.25) is 0 Å². The van der Waals surface area contributed by atoms with Gasteiger partial charge in [-0.05, 0) is 26.0 Å². The lowest BCUT2D eigenvalue weighted by Crippen LogP contribution is -2.45. The quantitative estimate of drug-likeness (QED) is 0.622. The van der Waals surface area contributed by atoms with Gasteiger partial charge in [-0.2, -0.15) is 0 Å². The molecule has 2 rings (SSSR count). The zero-order valence-corrected chi connectivity index (χ0v) is 13.0. The van der Waals surface area contributed by atoms with Gasteiger partial charge in [0.05, 0.1) is 22.0 Å². The molecule has 21 heavy (non-hydrogen) atoms. The van der Waals surface area contributed by atoms with Crippen LogP contribution in [0, 0.1) is 10.1 Å². The van der Waals surface area contributed by atoms with Crippen LogP contribution >= 0.6 is 0 Å². The fourth-order valence-electron chi connectivity index (χ4n) is 2.52. The van der Waals surface area contributed by atoms with Gasteiger partial charge in [0.15, 0.2) is 9.84 Å². The Morgan fingerprint density at radius 2 is 1.86 bits per heavy atom. The van der Waals surface area contributed by atoms with Crippen LogP contribution in [0.5, 0.6) is 0 Å². The molecular weight excluding hydrogens is 296 g/mol. The molecule has 1 fully saturated rings. The molecule has 1 aliphatic rings. The third-order valence-electron chi connectivity index (χ3n) is 3.33. The largest absolute Gasteiger partial charge is 0.372 e. The van der Waals surface area contributed by atoms with Crippen LogP contribution in [0.25, 0.3) is 0 Å². The number of nitro benzene ring substituents is 1. The van der Waals surface area contributed by atoms with Crippen LogP contribution in [0.3, 0.4) is 0 Å². The van der Waals surface area contributed by atoms with Gasteiger partial charge in [-0.15, -0.1) is 0 Å². The third-order valence-corrected chi connectivity index (χ3v) is 4.44. The van der Waals surface area contributed by atoms with Crippen LogP contribution in [-0.4, -0.2) is 44.9 Å². The predicted molar refractivity (Wildman–Crippen MR) is 78.4 cm³/mol. The molecule has 0 bridgehead atoms. The third kappa shape index (κ3) is 3.51. The lowest BCUT2D eigenvalue weighted by molar-refractivity contribution is -0.384. The molecule has 1 aromatic rings. The molecule has 1 saturated heterocycles. The van der Waals surface area contributed by atoms with Crippen LogP contribution in [0.15, 0.2) is 23.1 Å². The summed E-state index contributed by atoms with van der Waals surface area (Å²) in [7, 11) is -3.48. The van der Waals surface area contributed by atoms with Gasteiger partial charge >= 0.3 is 0 Å². The summed E-state index contributed by atoms with van der Waals surface area (Å²) in [5.74, 6) is 0. The zero-order chi connectivity index (χ0) is 15.8. The van der Waals surface area contributed by atoms with Crippen molar-refractivity contribution in [3.8, 4) is 0 Å². The molecular formula is C13H18N2O5S. The van der Waals surface area contributed by atoms with E-state index in [9.17, 15) is 18.5 Å². The lowest BCUT2D eigenvalue weighted by atomic mass is 10.2. The second-order valence-corrected chi connectivity index (χ2v) is 7.36. The molecule has 116 valence electrons. The Hall–Kier alpha value is -1.67. The summed E-state index contributed by atoms with van der Waals surface area (Å²) in [6.45, 7) is 4.87. The average molecular weight is 314 g/mol. The molecule has 0 aliphatic carbocycles. The first kappa shape index (κ1) is 15.7. The number of nitrogens with zero attached hydrogens (tertiary/aromatic N) is 2. The molecule has 0 unspecified atom stereocenters. The second-order valence-electron chi connectivity index (χ2n) is 5.34. The van der Waals surface area contributed by atoms with Gasteiger partial charge in [-0.1, -0.05) is 0 Å². The highest BCUT2D eigenvalue weighted by Crippen LogP contribution is 2.32. The van der Waals surface area contributed by atoms with Crippen molar-refractivity contribution in [1.82, 2.24) is 0 Å². The minimum absolute atomic E-state index is 0.0389. The molecule has 8 heteroatoms. The monoisotopic (exact) mass is 314 g/mol. The minimum atomic E-state index is -3.48. The van der Waals surface area contributed by atoms with Crippen molar-refractivity contribution in [2.75, 3.05) is 24.2 Å². The second kappa shape index (κ2) is 5.61. The Bertz CT molecular complexity index is 649. The van der Waals surface area contributed by atoms with E-state index >= 15 is 0 Å². The van der Waals surface area contributed by atoms with Crippen LogP contribution in [-0.2, 0) is 14.6 Å². The standard InChI is InChI=1S/C13H18N2O5S/c1-9-7-14(8-10(2)20-9)12-5-4-11(21(3,18)19)6-13(12)15(16)17/h4-6,9-10H,7-8H2,1-3H3/t9-,10-/m0/s1.